The number of fused-ring (bicyclic) bond motifs is 1. The molecule has 2 aromatic carbocycles. The molecule has 3 rings (SSSR count). The van der Waals surface area contributed by atoms with Crippen molar-refractivity contribution < 1.29 is 9.18 Å². The maximum Gasteiger partial charge on any atom is 0.223 e. The minimum absolute atomic E-state index is 0.0675. The second-order valence-electron chi connectivity index (χ2n) is 5.23. The molecule has 2 nitrogen and oxygen atoms in total. The second kappa shape index (κ2) is 4.75. The zero-order chi connectivity index (χ0) is 14.3. The van der Waals surface area contributed by atoms with Crippen LogP contribution in [0.5, 0.6) is 0 Å². The molecule has 102 valence electrons. The molecule has 20 heavy (non-hydrogen) atoms. The standard InChI is InChI=1S/C17H16FNO/c1-11-3-4-14(10-16(11)18)13-5-6-17-15(9-13)7-8-19(17)12(2)20/h3-6,9-10H,7-8H2,1-2H3. The van der Waals surface area contributed by atoms with Gasteiger partial charge in [-0.1, -0.05) is 18.2 Å². The quantitative estimate of drug-likeness (QED) is 0.772. The van der Waals surface area contributed by atoms with E-state index in [-0.39, 0.29) is 11.7 Å². The zero-order valence-corrected chi connectivity index (χ0v) is 11.6. The number of amides is 1. The van der Waals surface area contributed by atoms with Gasteiger partial charge in [-0.2, -0.15) is 0 Å². The maximum atomic E-state index is 13.7. The third-order valence-electron chi connectivity index (χ3n) is 3.86. The lowest BCUT2D eigenvalue weighted by Gasteiger charge is -2.15. The van der Waals surface area contributed by atoms with Crippen LogP contribution >= 0.6 is 0 Å². The summed E-state index contributed by atoms with van der Waals surface area (Å²) in [5.41, 5.74) is 4.65. The molecule has 0 saturated heterocycles. The van der Waals surface area contributed by atoms with Crippen molar-refractivity contribution in [3.05, 3.63) is 53.3 Å². The van der Waals surface area contributed by atoms with Gasteiger partial charge in [-0.3, -0.25) is 4.79 Å². The fraction of sp³-hybridized carbons (Fsp3) is 0.235. The van der Waals surface area contributed by atoms with Gasteiger partial charge in [0.2, 0.25) is 5.91 Å². The summed E-state index contributed by atoms with van der Waals surface area (Å²) in [5.74, 6) is -0.119. The predicted molar refractivity (Wildman–Crippen MR) is 78.3 cm³/mol. The molecule has 0 N–H and O–H groups in total. The Hall–Kier alpha value is -2.16. The summed E-state index contributed by atoms with van der Waals surface area (Å²) < 4.78 is 13.7. The van der Waals surface area contributed by atoms with Gasteiger partial charge in [-0.25, -0.2) is 4.39 Å². The van der Waals surface area contributed by atoms with Crippen LogP contribution in [0.15, 0.2) is 36.4 Å². The van der Waals surface area contributed by atoms with Crippen molar-refractivity contribution in [2.75, 3.05) is 11.4 Å². The number of aryl methyl sites for hydroxylation is 1. The Kier molecular flexibility index (Phi) is 3.05. The van der Waals surface area contributed by atoms with Crippen LogP contribution in [0.25, 0.3) is 11.1 Å². The van der Waals surface area contributed by atoms with Gasteiger partial charge in [0.05, 0.1) is 0 Å². The van der Waals surface area contributed by atoms with Crippen LogP contribution in [-0.4, -0.2) is 12.5 Å². The molecule has 0 saturated carbocycles. The molecule has 1 aliphatic heterocycles. The number of nitrogens with zero attached hydrogens (tertiary/aromatic N) is 1. The third-order valence-corrected chi connectivity index (χ3v) is 3.86. The number of anilines is 1. The molecule has 0 fully saturated rings. The lowest BCUT2D eigenvalue weighted by atomic mass is 10.0. The van der Waals surface area contributed by atoms with Crippen molar-refractivity contribution in [1.82, 2.24) is 0 Å². The molecule has 2 aromatic rings. The molecule has 0 aromatic heterocycles. The van der Waals surface area contributed by atoms with Gasteiger partial charge in [0.15, 0.2) is 0 Å². The number of rotatable bonds is 1. The van der Waals surface area contributed by atoms with Crippen molar-refractivity contribution >= 4 is 11.6 Å². The fourth-order valence-corrected chi connectivity index (χ4v) is 2.68. The molecule has 1 amide bonds. The van der Waals surface area contributed by atoms with Gasteiger partial charge in [-0.05, 0) is 53.8 Å². The first-order valence-corrected chi connectivity index (χ1v) is 6.74. The Morgan fingerprint density at radius 3 is 2.55 bits per heavy atom. The summed E-state index contributed by atoms with van der Waals surface area (Å²) in [6, 6.07) is 11.2. The molecule has 0 atom stereocenters. The van der Waals surface area contributed by atoms with E-state index in [0.717, 1.165) is 35.3 Å². The maximum absolute atomic E-state index is 13.7. The lowest BCUT2D eigenvalue weighted by Crippen LogP contribution is -2.25. The van der Waals surface area contributed by atoms with Crippen molar-refractivity contribution in [2.45, 2.75) is 20.3 Å². The van der Waals surface area contributed by atoms with Gasteiger partial charge in [0.25, 0.3) is 0 Å². The highest BCUT2D eigenvalue weighted by atomic mass is 19.1. The van der Waals surface area contributed by atoms with Crippen LogP contribution < -0.4 is 4.90 Å². The number of carbonyl (C=O) groups is 1. The van der Waals surface area contributed by atoms with E-state index in [1.54, 1.807) is 30.9 Å². The minimum Gasteiger partial charge on any atom is -0.312 e. The van der Waals surface area contributed by atoms with E-state index < -0.39 is 0 Å². The average molecular weight is 269 g/mol. The first kappa shape index (κ1) is 12.9. The van der Waals surface area contributed by atoms with Crippen molar-refractivity contribution in [3.63, 3.8) is 0 Å². The van der Waals surface area contributed by atoms with Crippen LogP contribution in [0, 0.1) is 12.7 Å². The van der Waals surface area contributed by atoms with E-state index >= 15 is 0 Å². The van der Waals surface area contributed by atoms with Gasteiger partial charge in [-0.15, -0.1) is 0 Å². The SMILES string of the molecule is CC(=O)N1CCc2cc(-c3ccc(C)c(F)c3)ccc21. The Bertz CT molecular complexity index is 693. The third kappa shape index (κ3) is 2.09. The molecule has 0 aliphatic carbocycles. The Labute approximate surface area is 117 Å². The highest BCUT2D eigenvalue weighted by molar-refractivity contribution is 5.94. The molecule has 1 aliphatic rings. The number of hydrogen-bond donors (Lipinski definition) is 0. The summed E-state index contributed by atoms with van der Waals surface area (Å²) in [6.45, 7) is 4.07. The molecule has 0 radical (unpaired) electrons. The topological polar surface area (TPSA) is 20.3 Å². The summed E-state index contributed by atoms with van der Waals surface area (Å²) >= 11 is 0. The van der Waals surface area contributed by atoms with Crippen molar-refractivity contribution in [2.24, 2.45) is 0 Å². The van der Waals surface area contributed by atoms with Gasteiger partial charge in [0, 0.05) is 19.2 Å². The average Bonchev–Trinajstić information content (AvgIpc) is 2.85. The van der Waals surface area contributed by atoms with Gasteiger partial charge < -0.3 is 4.90 Å². The Morgan fingerprint density at radius 1 is 1.15 bits per heavy atom. The summed E-state index contributed by atoms with van der Waals surface area (Å²) in [5, 5.41) is 0. The second-order valence-corrected chi connectivity index (χ2v) is 5.23. The van der Waals surface area contributed by atoms with Crippen molar-refractivity contribution in [3.8, 4) is 11.1 Å². The largest absolute Gasteiger partial charge is 0.312 e. The number of benzene rings is 2. The lowest BCUT2D eigenvalue weighted by molar-refractivity contribution is -0.116. The molecular formula is C17H16FNO. The molecule has 0 bridgehead atoms. The molecule has 3 heteroatoms. The number of carbonyl (C=O) groups excluding carboxylic acids is 1. The molecule has 1 heterocycles. The Morgan fingerprint density at radius 2 is 1.85 bits per heavy atom. The Balaban J connectivity index is 2.01. The van der Waals surface area contributed by atoms with Crippen LogP contribution in [0.1, 0.15) is 18.1 Å². The highest BCUT2D eigenvalue weighted by Crippen LogP contribution is 2.32. The normalized spacial score (nSPS) is 13.4. The first-order valence-electron chi connectivity index (χ1n) is 6.74. The summed E-state index contributed by atoms with van der Waals surface area (Å²) in [6.07, 6.45) is 0.858. The van der Waals surface area contributed by atoms with E-state index in [1.165, 1.54) is 0 Å². The fourth-order valence-electron chi connectivity index (χ4n) is 2.68. The number of hydrogen-bond acceptors (Lipinski definition) is 1. The van der Waals surface area contributed by atoms with Gasteiger partial charge >= 0.3 is 0 Å². The summed E-state index contributed by atoms with van der Waals surface area (Å²) in [7, 11) is 0. The van der Waals surface area contributed by atoms with Crippen LogP contribution in [0.2, 0.25) is 0 Å². The van der Waals surface area contributed by atoms with E-state index in [4.69, 9.17) is 0 Å². The monoisotopic (exact) mass is 269 g/mol. The van der Waals surface area contributed by atoms with Crippen LogP contribution in [0.4, 0.5) is 10.1 Å². The molecular weight excluding hydrogens is 253 g/mol. The van der Waals surface area contributed by atoms with E-state index in [1.807, 2.05) is 18.2 Å². The van der Waals surface area contributed by atoms with Crippen molar-refractivity contribution in [1.29, 1.82) is 0 Å². The van der Waals surface area contributed by atoms with E-state index in [2.05, 4.69) is 6.07 Å². The molecule has 0 unspecified atom stereocenters. The van der Waals surface area contributed by atoms with E-state index in [9.17, 15) is 9.18 Å². The minimum atomic E-state index is -0.187. The van der Waals surface area contributed by atoms with Gasteiger partial charge in [0.1, 0.15) is 5.82 Å². The number of halogens is 1. The van der Waals surface area contributed by atoms with Crippen LogP contribution in [-0.2, 0) is 11.2 Å². The zero-order valence-electron chi connectivity index (χ0n) is 11.6. The predicted octanol–water partition coefficient (Wildman–Crippen LogP) is 3.71. The summed E-state index contributed by atoms with van der Waals surface area (Å²) in [4.78, 5) is 13.3. The first-order chi connectivity index (χ1) is 9.56. The molecule has 0 spiro atoms. The van der Waals surface area contributed by atoms with Crippen LogP contribution in [0.3, 0.4) is 0 Å². The smallest absolute Gasteiger partial charge is 0.223 e. The van der Waals surface area contributed by atoms with E-state index in [0.29, 0.717) is 5.56 Å². The highest BCUT2D eigenvalue weighted by Gasteiger charge is 2.22.